The number of hydrogen-bond donors (Lipinski definition) is 2. The fourth-order valence-corrected chi connectivity index (χ4v) is 3.73. The third-order valence-electron chi connectivity index (χ3n) is 4.48. The Bertz CT molecular complexity index is 705. The van der Waals surface area contributed by atoms with Gasteiger partial charge in [0.05, 0.1) is 5.75 Å². The molecule has 2 rings (SSSR count). The van der Waals surface area contributed by atoms with Crippen LogP contribution in [-0.4, -0.2) is 57.5 Å². The molecule has 0 bridgehead atoms. The molecule has 0 saturated carbocycles. The molecular formula is C18H32IN5O2S. The summed E-state index contributed by atoms with van der Waals surface area (Å²) in [5, 5.41) is 6.52. The van der Waals surface area contributed by atoms with Gasteiger partial charge in [0.2, 0.25) is 0 Å². The molecule has 9 heteroatoms. The third kappa shape index (κ3) is 9.09. The molecule has 1 fully saturated rings. The minimum absolute atomic E-state index is 0. The number of pyridine rings is 1. The van der Waals surface area contributed by atoms with Gasteiger partial charge in [-0.2, -0.15) is 0 Å². The number of aliphatic imine (C=N–C) groups is 1. The summed E-state index contributed by atoms with van der Waals surface area (Å²) in [6.45, 7) is 4.75. The van der Waals surface area contributed by atoms with Gasteiger partial charge in [-0.3, -0.25) is 4.99 Å². The first-order chi connectivity index (χ1) is 12.4. The highest BCUT2D eigenvalue weighted by atomic mass is 127. The van der Waals surface area contributed by atoms with Crippen LogP contribution in [0.3, 0.4) is 0 Å². The molecule has 1 aromatic heterocycles. The monoisotopic (exact) mass is 509 g/mol. The Morgan fingerprint density at radius 1 is 1.33 bits per heavy atom. The van der Waals surface area contributed by atoms with Gasteiger partial charge in [0, 0.05) is 45.2 Å². The number of aromatic nitrogens is 1. The van der Waals surface area contributed by atoms with Crippen molar-refractivity contribution in [1.29, 1.82) is 0 Å². The zero-order valence-corrected chi connectivity index (χ0v) is 19.6. The van der Waals surface area contributed by atoms with Gasteiger partial charge in [0.25, 0.3) is 0 Å². The minimum atomic E-state index is -2.94. The summed E-state index contributed by atoms with van der Waals surface area (Å²) < 4.78 is 22.6. The summed E-state index contributed by atoms with van der Waals surface area (Å²) in [5.74, 6) is 1.87. The number of halogens is 1. The van der Waals surface area contributed by atoms with Crippen molar-refractivity contribution in [3.8, 4) is 0 Å². The van der Waals surface area contributed by atoms with E-state index in [1.165, 1.54) is 25.5 Å². The molecule has 1 aliphatic heterocycles. The number of piperidine rings is 1. The first-order valence-electron chi connectivity index (χ1n) is 9.22. The summed E-state index contributed by atoms with van der Waals surface area (Å²) in [6, 6.07) is 4.15. The van der Waals surface area contributed by atoms with E-state index in [-0.39, 0.29) is 35.8 Å². The molecule has 1 aromatic rings. The highest BCUT2D eigenvalue weighted by Gasteiger charge is 2.13. The normalized spacial score (nSPS) is 16.4. The predicted molar refractivity (Wildman–Crippen MR) is 123 cm³/mol. The van der Waals surface area contributed by atoms with E-state index in [0.717, 1.165) is 24.5 Å². The Labute approximate surface area is 180 Å². The number of sulfone groups is 1. The van der Waals surface area contributed by atoms with Crippen LogP contribution in [0.25, 0.3) is 0 Å². The maximum atomic E-state index is 11.3. The second kappa shape index (κ2) is 11.7. The van der Waals surface area contributed by atoms with Crippen LogP contribution in [0, 0.1) is 0 Å². The Kier molecular flexibility index (Phi) is 10.4. The third-order valence-corrected chi connectivity index (χ3v) is 5.46. The van der Waals surface area contributed by atoms with Crippen LogP contribution in [0.2, 0.25) is 0 Å². The highest BCUT2D eigenvalue weighted by Crippen LogP contribution is 2.18. The smallest absolute Gasteiger partial charge is 0.191 e. The largest absolute Gasteiger partial charge is 0.357 e. The summed E-state index contributed by atoms with van der Waals surface area (Å²) in [6.07, 6.45) is 7.42. The van der Waals surface area contributed by atoms with Crippen molar-refractivity contribution in [3.05, 3.63) is 23.9 Å². The van der Waals surface area contributed by atoms with Crippen molar-refractivity contribution in [1.82, 2.24) is 15.6 Å². The van der Waals surface area contributed by atoms with Gasteiger partial charge in [-0.05, 0) is 50.3 Å². The van der Waals surface area contributed by atoms with E-state index in [1.54, 1.807) is 7.05 Å². The lowest BCUT2D eigenvalue weighted by atomic mass is 10.1. The molecule has 1 aliphatic rings. The maximum absolute atomic E-state index is 11.3. The van der Waals surface area contributed by atoms with E-state index in [2.05, 4.69) is 31.6 Å². The van der Waals surface area contributed by atoms with Crippen LogP contribution in [0.4, 0.5) is 5.82 Å². The molecule has 154 valence electrons. The number of anilines is 1. The molecule has 0 spiro atoms. The second-order valence-electron chi connectivity index (χ2n) is 6.96. The lowest BCUT2D eigenvalue weighted by Crippen LogP contribution is -2.42. The first-order valence-corrected chi connectivity index (χ1v) is 11.3. The van der Waals surface area contributed by atoms with E-state index in [4.69, 9.17) is 0 Å². The Hall–Kier alpha value is -1.10. The average Bonchev–Trinajstić information content (AvgIpc) is 2.64. The Balaban J connectivity index is 0.00000364. The quantitative estimate of drug-likeness (QED) is 0.333. The van der Waals surface area contributed by atoms with E-state index < -0.39 is 9.84 Å². The van der Waals surface area contributed by atoms with Crippen LogP contribution < -0.4 is 15.5 Å². The molecule has 0 amide bonds. The maximum Gasteiger partial charge on any atom is 0.191 e. The van der Waals surface area contributed by atoms with Crippen LogP contribution in [0.5, 0.6) is 0 Å². The summed E-state index contributed by atoms with van der Waals surface area (Å²) in [7, 11) is -1.23. The van der Waals surface area contributed by atoms with Gasteiger partial charge in [0.15, 0.2) is 5.96 Å². The van der Waals surface area contributed by atoms with E-state index in [0.29, 0.717) is 18.9 Å². The number of hydrogen-bond acceptors (Lipinski definition) is 5. The van der Waals surface area contributed by atoms with Gasteiger partial charge >= 0.3 is 0 Å². The van der Waals surface area contributed by atoms with Crippen LogP contribution >= 0.6 is 24.0 Å². The molecule has 1 atom stereocenters. The van der Waals surface area contributed by atoms with Crippen LogP contribution in [0.15, 0.2) is 23.3 Å². The van der Waals surface area contributed by atoms with E-state index >= 15 is 0 Å². The molecule has 0 aliphatic carbocycles. The molecule has 0 aromatic carbocycles. The standard InChI is InChI=1S/C18H31N5O2S.HI/c1-15(8-12-26(3,24)25)22-18(19-2)21-14-16-7-9-20-17(13-16)23-10-5-4-6-11-23;/h7,9,13,15H,4-6,8,10-12,14H2,1-3H3,(H2,19,21,22);1H. The zero-order valence-electron chi connectivity index (χ0n) is 16.4. The van der Waals surface area contributed by atoms with Gasteiger partial charge < -0.3 is 15.5 Å². The van der Waals surface area contributed by atoms with Crippen molar-refractivity contribution in [2.45, 2.75) is 45.2 Å². The molecule has 1 saturated heterocycles. The Morgan fingerprint density at radius 2 is 2.04 bits per heavy atom. The fraction of sp³-hybridized carbons (Fsp3) is 0.667. The van der Waals surface area contributed by atoms with Crippen molar-refractivity contribution < 1.29 is 8.42 Å². The molecule has 2 heterocycles. The van der Waals surface area contributed by atoms with Gasteiger partial charge in [0.1, 0.15) is 15.7 Å². The van der Waals surface area contributed by atoms with E-state index in [9.17, 15) is 8.42 Å². The summed E-state index contributed by atoms with van der Waals surface area (Å²) in [5.41, 5.74) is 1.15. The summed E-state index contributed by atoms with van der Waals surface area (Å²) >= 11 is 0. The van der Waals surface area contributed by atoms with Gasteiger partial charge in [-0.15, -0.1) is 24.0 Å². The van der Waals surface area contributed by atoms with Crippen molar-refractivity contribution in [2.24, 2.45) is 4.99 Å². The lowest BCUT2D eigenvalue weighted by molar-refractivity contribution is 0.573. The van der Waals surface area contributed by atoms with Crippen molar-refractivity contribution in [2.75, 3.05) is 37.0 Å². The first kappa shape index (κ1) is 23.9. The lowest BCUT2D eigenvalue weighted by Gasteiger charge is -2.28. The minimum Gasteiger partial charge on any atom is -0.357 e. The number of nitrogens with one attached hydrogen (secondary N) is 2. The van der Waals surface area contributed by atoms with Crippen molar-refractivity contribution >= 4 is 45.6 Å². The molecule has 1 unspecified atom stereocenters. The summed E-state index contributed by atoms with van der Waals surface area (Å²) in [4.78, 5) is 11.1. The van der Waals surface area contributed by atoms with Crippen LogP contribution in [-0.2, 0) is 16.4 Å². The topological polar surface area (TPSA) is 86.7 Å². The molecule has 27 heavy (non-hydrogen) atoms. The molecular weight excluding hydrogens is 477 g/mol. The van der Waals surface area contributed by atoms with Gasteiger partial charge in [-0.25, -0.2) is 13.4 Å². The molecule has 7 nitrogen and oxygen atoms in total. The van der Waals surface area contributed by atoms with Crippen LogP contribution in [0.1, 0.15) is 38.2 Å². The van der Waals surface area contributed by atoms with Gasteiger partial charge in [-0.1, -0.05) is 0 Å². The Morgan fingerprint density at radius 3 is 2.67 bits per heavy atom. The van der Waals surface area contributed by atoms with Crippen molar-refractivity contribution in [3.63, 3.8) is 0 Å². The number of nitrogens with zero attached hydrogens (tertiary/aromatic N) is 3. The SMILES string of the molecule is CN=C(NCc1ccnc(N2CCCCC2)c1)NC(C)CCS(C)(=O)=O.I. The molecule has 0 radical (unpaired) electrons. The molecule has 2 N–H and O–H groups in total. The number of rotatable bonds is 7. The predicted octanol–water partition coefficient (Wildman–Crippen LogP) is 2.18. The average molecular weight is 509 g/mol. The number of guanidine groups is 1. The highest BCUT2D eigenvalue weighted by molar-refractivity contribution is 14.0. The van der Waals surface area contributed by atoms with E-state index in [1.807, 2.05) is 19.2 Å². The fourth-order valence-electron chi connectivity index (χ4n) is 2.94. The second-order valence-corrected chi connectivity index (χ2v) is 9.22. The zero-order chi connectivity index (χ0) is 19.0.